The van der Waals surface area contributed by atoms with E-state index in [0.717, 1.165) is 16.8 Å². The lowest BCUT2D eigenvalue weighted by Gasteiger charge is -2.05. The molecule has 1 aromatic carbocycles. The predicted octanol–water partition coefficient (Wildman–Crippen LogP) is 4.18. The third kappa shape index (κ3) is 3.91. The third-order valence-corrected chi connectivity index (χ3v) is 4.13. The Morgan fingerprint density at radius 3 is 2.91 bits per heavy atom. The molecule has 2 heterocycles. The van der Waals surface area contributed by atoms with Crippen molar-refractivity contribution in [2.45, 2.75) is 6.42 Å². The van der Waals surface area contributed by atoms with Crippen LogP contribution in [0.4, 0.5) is 10.1 Å². The van der Waals surface area contributed by atoms with E-state index in [-0.39, 0.29) is 23.0 Å². The second kappa shape index (κ2) is 6.85. The number of anilines is 1. The van der Waals surface area contributed by atoms with Crippen LogP contribution < -0.4 is 5.32 Å². The van der Waals surface area contributed by atoms with Crippen molar-refractivity contribution in [2.75, 3.05) is 5.32 Å². The molecule has 1 N–H and O–H groups in total. The van der Waals surface area contributed by atoms with Crippen LogP contribution in [-0.2, 0) is 11.2 Å². The van der Waals surface area contributed by atoms with Gasteiger partial charge < -0.3 is 5.32 Å². The summed E-state index contributed by atoms with van der Waals surface area (Å²) < 4.78 is 13.7. The van der Waals surface area contributed by atoms with Gasteiger partial charge in [-0.15, -0.1) is 11.3 Å². The normalized spacial score (nSPS) is 10.5. The fraction of sp³-hybridized carbons (Fsp3) is 0.0625. The number of hydrogen-bond donors (Lipinski definition) is 1. The predicted molar refractivity (Wildman–Crippen MR) is 89.1 cm³/mol. The highest BCUT2D eigenvalue weighted by atomic mass is 35.5. The molecule has 0 spiro atoms. The topological polar surface area (TPSA) is 54.9 Å². The number of benzene rings is 1. The number of rotatable bonds is 4. The molecule has 0 aliphatic carbocycles. The molecule has 3 rings (SSSR count). The Bertz CT molecular complexity index is 838. The minimum atomic E-state index is -0.571. The van der Waals surface area contributed by atoms with Gasteiger partial charge >= 0.3 is 0 Å². The lowest BCUT2D eigenvalue weighted by atomic mass is 10.2. The summed E-state index contributed by atoms with van der Waals surface area (Å²) in [6.07, 6.45) is 1.75. The summed E-state index contributed by atoms with van der Waals surface area (Å²) in [6, 6.07) is 9.65. The zero-order chi connectivity index (χ0) is 16.2. The largest absolute Gasteiger partial charge is 0.323 e. The molecule has 1 amide bonds. The van der Waals surface area contributed by atoms with Gasteiger partial charge in [0, 0.05) is 16.6 Å². The first kappa shape index (κ1) is 15.6. The Balaban J connectivity index is 1.68. The van der Waals surface area contributed by atoms with Crippen LogP contribution in [-0.4, -0.2) is 15.9 Å². The van der Waals surface area contributed by atoms with Gasteiger partial charge in [0.15, 0.2) is 0 Å². The zero-order valence-corrected chi connectivity index (χ0v) is 13.4. The molecule has 4 nitrogen and oxygen atoms in total. The molecule has 116 valence electrons. The minimum absolute atomic E-state index is 0.0609. The Hall–Kier alpha value is -2.31. The van der Waals surface area contributed by atoms with Crippen LogP contribution in [0.1, 0.15) is 5.69 Å². The summed E-state index contributed by atoms with van der Waals surface area (Å²) in [7, 11) is 0. The molecule has 3 aromatic rings. The fourth-order valence-electron chi connectivity index (χ4n) is 1.94. The quantitative estimate of drug-likeness (QED) is 0.770. The number of pyridine rings is 1. The number of aromatic nitrogens is 2. The van der Waals surface area contributed by atoms with E-state index in [4.69, 9.17) is 11.6 Å². The van der Waals surface area contributed by atoms with Gasteiger partial charge in [-0.3, -0.25) is 9.78 Å². The van der Waals surface area contributed by atoms with Crippen LogP contribution in [0, 0.1) is 5.82 Å². The molecule has 2 aromatic heterocycles. The Morgan fingerprint density at radius 2 is 2.17 bits per heavy atom. The fourth-order valence-corrected chi connectivity index (χ4v) is 2.90. The average Bonchev–Trinajstić information content (AvgIpc) is 2.99. The van der Waals surface area contributed by atoms with E-state index in [0.29, 0.717) is 5.69 Å². The SMILES string of the molecule is O=C(Cc1csc(-c2ccccn2)n1)Nc1ccc(Cl)cc1F. The number of carbonyl (C=O) groups is 1. The highest BCUT2D eigenvalue weighted by Gasteiger charge is 2.11. The van der Waals surface area contributed by atoms with Crippen LogP contribution in [0.25, 0.3) is 10.7 Å². The summed E-state index contributed by atoms with van der Waals surface area (Å²) in [5, 5.41) is 5.32. The molecule has 23 heavy (non-hydrogen) atoms. The van der Waals surface area contributed by atoms with Gasteiger partial charge in [0.1, 0.15) is 10.8 Å². The van der Waals surface area contributed by atoms with Gasteiger partial charge in [-0.05, 0) is 30.3 Å². The number of nitrogens with zero attached hydrogens (tertiary/aromatic N) is 2. The molecule has 0 aliphatic heterocycles. The monoisotopic (exact) mass is 347 g/mol. The van der Waals surface area contributed by atoms with Crippen molar-refractivity contribution in [3.63, 3.8) is 0 Å². The first-order chi connectivity index (χ1) is 11.1. The molecule has 0 radical (unpaired) electrons. The third-order valence-electron chi connectivity index (χ3n) is 2.98. The maximum Gasteiger partial charge on any atom is 0.230 e. The van der Waals surface area contributed by atoms with E-state index in [9.17, 15) is 9.18 Å². The summed E-state index contributed by atoms with van der Waals surface area (Å²) in [5.41, 5.74) is 1.47. The molecular formula is C16H11ClFN3OS. The van der Waals surface area contributed by atoms with Crippen LogP contribution in [0.2, 0.25) is 5.02 Å². The molecule has 0 saturated heterocycles. The van der Waals surface area contributed by atoms with Crippen LogP contribution >= 0.6 is 22.9 Å². The van der Waals surface area contributed by atoms with E-state index >= 15 is 0 Å². The molecule has 0 aliphatic rings. The van der Waals surface area contributed by atoms with Gasteiger partial charge in [0.2, 0.25) is 5.91 Å². The van der Waals surface area contributed by atoms with Crippen molar-refractivity contribution in [1.29, 1.82) is 0 Å². The number of thiazole rings is 1. The lowest BCUT2D eigenvalue weighted by molar-refractivity contribution is -0.115. The van der Waals surface area contributed by atoms with Crippen molar-refractivity contribution in [3.05, 3.63) is 64.5 Å². The minimum Gasteiger partial charge on any atom is -0.323 e. The number of nitrogens with one attached hydrogen (secondary N) is 1. The van der Waals surface area contributed by atoms with E-state index in [2.05, 4.69) is 15.3 Å². The molecule has 0 saturated carbocycles. The highest BCUT2D eigenvalue weighted by molar-refractivity contribution is 7.13. The maximum absolute atomic E-state index is 13.7. The van der Waals surface area contributed by atoms with Crippen molar-refractivity contribution in [1.82, 2.24) is 9.97 Å². The van der Waals surface area contributed by atoms with Crippen molar-refractivity contribution in [3.8, 4) is 10.7 Å². The molecule has 0 unspecified atom stereocenters. The maximum atomic E-state index is 13.7. The standard InChI is InChI=1S/C16H11ClFN3OS/c17-10-4-5-13(12(18)7-10)21-15(22)8-11-9-23-16(20-11)14-3-1-2-6-19-14/h1-7,9H,8H2,(H,21,22). The highest BCUT2D eigenvalue weighted by Crippen LogP contribution is 2.22. The van der Waals surface area contributed by atoms with E-state index in [1.807, 2.05) is 18.2 Å². The van der Waals surface area contributed by atoms with Gasteiger partial charge in [-0.2, -0.15) is 0 Å². The first-order valence-electron chi connectivity index (χ1n) is 6.72. The van der Waals surface area contributed by atoms with Gasteiger partial charge in [0.05, 0.1) is 23.5 Å². The number of hydrogen-bond acceptors (Lipinski definition) is 4. The van der Waals surface area contributed by atoms with E-state index < -0.39 is 5.82 Å². The van der Waals surface area contributed by atoms with Crippen LogP contribution in [0.3, 0.4) is 0 Å². The first-order valence-corrected chi connectivity index (χ1v) is 7.98. The Kier molecular flexibility index (Phi) is 4.64. The molecule has 0 bridgehead atoms. The summed E-state index contributed by atoms with van der Waals surface area (Å²) in [4.78, 5) is 20.6. The van der Waals surface area contributed by atoms with Crippen molar-refractivity contribution in [2.24, 2.45) is 0 Å². The number of carbonyl (C=O) groups excluding carboxylic acids is 1. The van der Waals surface area contributed by atoms with Gasteiger partial charge in [-0.1, -0.05) is 17.7 Å². The average molecular weight is 348 g/mol. The Labute approximate surface area is 141 Å². The summed E-state index contributed by atoms with van der Waals surface area (Å²) in [5.74, 6) is -0.914. The number of amides is 1. The number of halogens is 2. The van der Waals surface area contributed by atoms with Gasteiger partial charge in [0.25, 0.3) is 0 Å². The van der Waals surface area contributed by atoms with Crippen LogP contribution in [0.15, 0.2) is 48.0 Å². The molecule has 0 fully saturated rings. The smallest absolute Gasteiger partial charge is 0.230 e. The van der Waals surface area contributed by atoms with Crippen molar-refractivity contribution >= 4 is 34.5 Å². The zero-order valence-electron chi connectivity index (χ0n) is 11.8. The van der Waals surface area contributed by atoms with Crippen LogP contribution in [0.5, 0.6) is 0 Å². The van der Waals surface area contributed by atoms with E-state index in [1.54, 1.807) is 11.6 Å². The summed E-state index contributed by atoms with van der Waals surface area (Å²) in [6.45, 7) is 0. The molecule has 0 atom stereocenters. The molecule has 7 heteroatoms. The second-order valence-corrected chi connectivity index (χ2v) is 6.00. The summed E-state index contributed by atoms with van der Waals surface area (Å²) >= 11 is 7.09. The van der Waals surface area contributed by atoms with Gasteiger partial charge in [-0.25, -0.2) is 9.37 Å². The van der Waals surface area contributed by atoms with E-state index in [1.165, 1.54) is 23.5 Å². The second-order valence-electron chi connectivity index (χ2n) is 4.71. The van der Waals surface area contributed by atoms with Crippen molar-refractivity contribution < 1.29 is 9.18 Å². The Morgan fingerprint density at radius 1 is 1.30 bits per heavy atom. The molecular weight excluding hydrogens is 337 g/mol. The lowest BCUT2D eigenvalue weighted by Crippen LogP contribution is -2.15.